The Bertz CT molecular complexity index is 1260. The number of carbonyl (C=O) groups excluding carboxylic acids is 1. The van der Waals surface area contributed by atoms with E-state index in [2.05, 4.69) is 16.2 Å². The van der Waals surface area contributed by atoms with E-state index in [0.29, 0.717) is 10.7 Å². The Morgan fingerprint density at radius 2 is 1.69 bits per heavy atom. The number of fused-ring (bicyclic) bond motifs is 1. The topological polar surface area (TPSA) is 54.8 Å². The number of thiazole rings is 1. The lowest BCUT2D eigenvalue weighted by molar-refractivity contribution is 0.0988. The van der Waals surface area contributed by atoms with E-state index in [4.69, 9.17) is 4.74 Å². The molecule has 0 aliphatic rings. The van der Waals surface area contributed by atoms with E-state index in [1.807, 2.05) is 64.1 Å². The molecule has 0 aliphatic carbocycles. The third-order valence-corrected chi connectivity index (χ3v) is 5.77. The highest BCUT2D eigenvalue weighted by atomic mass is 32.1. The van der Waals surface area contributed by atoms with Crippen molar-refractivity contribution in [2.45, 2.75) is 33.8 Å². The molecule has 0 bridgehead atoms. The van der Waals surface area contributed by atoms with Crippen molar-refractivity contribution in [3.05, 3.63) is 89.0 Å². The van der Waals surface area contributed by atoms with E-state index in [-0.39, 0.29) is 12.0 Å². The molecule has 3 aromatic carbocycles. The summed E-state index contributed by atoms with van der Waals surface area (Å²) in [5, 5.41) is 6.44. The third kappa shape index (κ3) is 5.03. The predicted octanol–water partition coefficient (Wildman–Crippen LogP) is 6.38. The van der Waals surface area contributed by atoms with Gasteiger partial charge in [0.15, 0.2) is 0 Å². The Morgan fingerprint density at radius 3 is 2.38 bits per heavy atom. The molecular weight excluding hydrogens is 418 g/mol. The standard InChI is InChI=1S/C26H25N3O2S/c1-17(2)31-22-12-10-21(11-13-22)25(30)29(27-16-20-8-5-18(3)6-9-20)26-28-23-14-7-19(4)15-24(23)32-26/h5-17H,1-4H3/b27-16+. The quantitative estimate of drug-likeness (QED) is 0.257. The Morgan fingerprint density at radius 1 is 1.00 bits per heavy atom. The number of aryl methyl sites for hydroxylation is 2. The van der Waals surface area contributed by atoms with Crippen LogP contribution in [-0.2, 0) is 0 Å². The summed E-state index contributed by atoms with van der Waals surface area (Å²) in [6, 6.07) is 21.1. The smallest absolute Gasteiger partial charge is 0.280 e. The molecule has 0 saturated heterocycles. The van der Waals surface area contributed by atoms with Crippen molar-refractivity contribution in [1.82, 2.24) is 4.98 Å². The number of nitrogens with zero attached hydrogens (tertiary/aromatic N) is 3. The molecule has 4 aromatic rings. The molecule has 0 saturated carbocycles. The van der Waals surface area contributed by atoms with Crippen LogP contribution in [0.1, 0.15) is 40.9 Å². The normalized spacial score (nSPS) is 11.4. The van der Waals surface area contributed by atoms with Gasteiger partial charge in [-0.05, 0) is 75.2 Å². The van der Waals surface area contributed by atoms with Gasteiger partial charge in [0.2, 0.25) is 5.13 Å². The number of ether oxygens (including phenoxy) is 1. The van der Waals surface area contributed by atoms with Gasteiger partial charge in [-0.1, -0.05) is 47.2 Å². The molecule has 0 unspecified atom stereocenters. The van der Waals surface area contributed by atoms with Gasteiger partial charge in [-0.3, -0.25) is 4.79 Å². The number of carbonyl (C=O) groups is 1. The minimum Gasteiger partial charge on any atom is -0.491 e. The van der Waals surface area contributed by atoms with Crippen LogP contribution >= 0.6 is 11.3 Å². The summed E-state index contributed by atoms with van der Waals surface area (Å²) in [6.07, 6.45) is 1.75. The Hall–Kier alpha value is -3.51. The summed E-state index contributed by atoms with van der Waals surface area (Å²) in [5.74, 6) is 0.474. The molecule has 0 atom stereocenters. The largest absolute Gasteiger partial charge is 0.491 e. The zero-order valence-corrected chi connectivity index (χ0v) is 19.4. The molecule has 6 heteroatoms. The van der Waals surface area contributed by atoms with E-state index < -0.39 is 0 Å². The van der Waals surface area contributed by atoms with Crippen molar-refractivity contribution in [3.63, 3.8) is 0 Å². The van der Waals surface area contributed by atoms with Crippen molar-refractivity contribution in [2.75, 3.05) is 5.01 Å². The van der Waals surface area contributed by atoms with Crippen molar-refractivity contribution < 1.29 is 9.53 Å². The summed E-state index contributed by atoms with van der Waals surface area (Å²) in [4.78, 5) is 18.1. The van der Waals surface area contributed by atoms with Crippen LogP contribution in [0.25, 0.3) is 10.2 Å². The second kappa shape index (κ2) is 9.32. The van der Waals surface area contributed by atoms with Crippen LogP contribution < -0.4 is 9.75 Å². The zero-order valence-electron chi connectivity index (χ0n) is 18.6. The van der Waals surface area contributed by atoms with Crippen LogP contribution in [0.4, 0.5) is 5.13 Å². The van der Waals surface area contributed by atoms with Gasteiger partial charge in [0.1, 0.15) is 5.75 Å². The molecule has 1 amide bonds. The van der Waals surface area contributed by atoms with Gasteiger partial charge in [0.05, 0.1) is 22.5 Å². The lowest BCUT2D eigenvalue weighted by atomic mass is 10.2. The van der Waals surface area contributed by atoms with E-state index in [0.717, 1.165) is 27.1 Å². The Labute approximate surface area is 192 Å². The first kappa shape index (κ1) is 21.7. The summed E-state index contributed by atoms with van der Waals surface area (Å²) < 4.78 is 6.71. The fraction of sp³-hybridized carbons (Fsp3) is 0.192. The van der Waals surface area contributed by atoms with E-state index in [9.17, 15) is 4.79 Å². The molecule has 0 fully saturated rings. The van der Waals surface area contributed by atoms with Gasteiger partial charge in [-0.15, -0.1) is 0 Å². The van der Waals surface area contributed by atoms with Crippen LogP contribution in [0.2, 0.25) is 0 Å². The monoisotopic (exact) mass is 443 g/mol. The van der Waals surface area contributed by atoms with E-state index in [1.54, 1.807) is 30.5 Å². The number of benzene rings is 3. The summed E-state index contributed by atoms with van der Waals surface area (Å²) in [7, 11) is 0. The number of hydrogen-bond donors (Lipinski definition) is 0. The fourth-order valence-corrected chi connectivity index (χ4v) is 4.17. The number of anilines is 1. The second-order valence-corrected chi connectivity index (χ2v) is 8.94. The van der Waals surface area contributed by atoms with Crippen molar-refractivity contribution >= 4 is 38.8 Å². The summed E-state index contributed by atoms with van der Waals surface area (Å²) in [6.45, 7) is 8.01. The Balaban J connectivity index is 1.70. The summed E-state index contributed by atoms with van der Waals surface area (Å²) in [5.41, 5.74) is 4.58. The highest BCUT2D eigenvalue weighted by molar-refractivity contribution is 7.22. The molecular formula is C26H25N3O2S. The number of hydrazone groups is 1. The maximum atomic E-state index is 13.4. The van der Waals surface area contributed by atoms with Crippen molar-refractivity contribution in [2.24, 2.45) is 5.10 Å². The molecule has 1 aromatic heterocycles. The van der Waals surface area contributed by atoms with E-state index in [1.165, 1.54) is 21.9 Å². The third-order valence-electron chi connectivity index (χ3n) is 4.78. The van der Waals surface area contributed by atoms with Crippen LogP contribution in [0.3, 0.4) is 0 Å². The highest BCUT2D eigenvalue weighted by Crippen LogP contribution is 2.31. The maximum Gasteiger partial charge on any atom is 0.280 e. The molecule has 162 valence electrons. The maximum absolute atomic E-state index is 13.4. The zero-order chi connectivity index (χ0) is 22.7. The molecule has 5 nitrogen and oxygen atoms in total. The van der Waals surface area contributed by atoms with Gasteiger partial charge < -0.3 is 4.74 Å². The molecule has 32 heavy (non-hydrogen) atoms. The molecule has 0 spiro atoms. The van der Waals surface area contributed by atoms with Crippen LogP contribution in [0.5, 0.6) is 5.75 Å². The average Bonchev–Trinajstić information content (AvgIpc) is 3.18. The van der Waals surface area contributed by atoms with Gasteiger partial charge in [-0.2, -0.15) is 10.1 Å². The van der Waals surface area contributed by atoms with Gasteiger partial charge in [0.25, 0.3) is 5.91 Å². The fourth-order valence-electron chi connectivity index (χ4n) is 3.15. The highest BCUT2D eigenvalue weighted by Gasteiger charge is 2.21. The Kier molecular flexibility index (Phi) is 6.32. The van der Waals surface area contributed by atoms with Gasteiger partial charge in [-0.25, -0.2) is 4.98 Å². The first-order chi connectivity index (χ1) is 15.4. The molecule has 0 aliphatic heterocycles. The van der Waals surface area contributed by atoms with E-state index >= 15 is 0 Å². The molecule has 1 heterocycles. The minimum absolute atomic E-state index is 0.0679. The minimum atomic E-state index is -0.250. The van der Waals surface area contributed by atoms with Crippen LogP contribution in [-0.4, -0.2) is 23.2 Å². The first-order valence-corrected chi connectivity index (χ1v) is 11.3. The van der Waals surface area contributed by atoms with Gasteiger partial charge in [0, 0.05) is 5.56 Å². The SMILES string of the molecule is Cc1ccc(/C=N/N(C(=O)c2ccc(OC(C)C)cc2)c2nc3ccc(C)cc3s2)cc1. The van der Waals surface area contributed by atoms with Crippen LogP contribution in [0, 0.1) is 13.8 Å². The number of rotatable bonds is 6. The molecule has 0 N–H and O–H groups in total. The summed E-state index contributed by atoms with van der Waals surface area (Å²) >= 11 is 1.45. The van der Waals surface area contributed by atoms with Crippen molar-refractivity contribution in [3.8, 4) is 5.75 Å². The second-order valence-electron chi connectivity index (χ2n) is 7.93. The first-order valence-electron chi connectivity index (χ1n) is 10.5. The predicted molar refractivity (Wildman–Crippen MR) is 132 cm³/mol. The number of amides is 1. The average molecular weight is 444 g/mol. The van der Waals surface area contributed by atoms with Crippen molar-refractivity contribution in [1.29, 1.82) is 0 Å². The lowest BCUT2D eigenvalue weighted by Gasteiger charge is -2.15. The van der Waals surface area contributed by atoms with Gasteiger partial charge >= 0.3 is 0 Å². The number of aromatic nitrogens is 1. The molecule has 0 radical (unpaired) electrons. The number of hydrogen-bond acceptors (Lipinski definition) is 5. The van der Waals surface area contributed by atoms with Crippen LogP contribution in [0.15, 0.2) is 71.8 Å². The lowest BCUT2D eigenvalue weighted by Crippen LogP contribution is -2.25. The molecule has 4 rings (SSSR count).